The van der Waals surface area contributed by atoms with Crippen molar-refractivity contribution in [2.75, 3.05) is 0 Å². The van der Waals surface area contributed by atoms with E-state index in [1.54, 1.807) is 24.3 Å². The summed E-state index contributed by atoms with van der Waals surface area (Å²) in [5, 5.41) is 2.23. The van der Waals surface area contributed by atoms with Crippen LogP contribution in [0, 0.1) is 5.82 Å². The lowest BCUT2D eigenvalue weighted by Crippen LogP contribution is -2.43. The molecule has 10 heteroatoms. The molecule has 0 saturated carbocycles. The number of nitrogens with zero attached hydrogens (tertiary/aromatic N) is 2. The van der Waals surface area contributed by atoms with Gasteiger partial charge in [-0.3, -0.25) is 18.7 Å². The van der Waals surface area contributed by atoms with Crippen molar-refractivity contribution in [3.63, 3.8) is 0 Å². The summed E-state index contributed by atoms with van der Waals surface area (Å²) in [6.45, 7) is -1.05. The van der Waals surface area contributed by atoms with Gasteiger partial charge in [0.2, 0.25) is 5.91 Å². The molecule has 0 aliphatic heterocycles. The van der Waals surface area contributed by atoms with Gasteiger partial charge in [-0.25, -0.2) is 9.18 Å². The molecule has 0 fully saturated rings. The molecule has 3 rings (SSSR count). The quantitative estimate of drug-likeness (QED) is 0.605. The van der Waals surface area contributed by atoms with Crippen LogP contribution < -0.4 is 16.6 Å². The Kier molecular flexibility index (Phi) is 6.38. The highest BCUT2D eigenvalue weighted by Gasteiger charge is 2.33. The number of hydrogen-bond acceptors (Lipinski definition) is 3. The molecule has 162 valence electrons. The highest BCUT2D eigenvalue weighted by atomic mass is 19.4. The Morgan fingerprint density at radius 1 is 1.00 bits per heavy atom. The van der Waals surface area contributed by atoms with Gasteiger partial charge < -0.3 is 5.32 Å². The molecule has 1 amide bonds. The lowest BCUT2D eigenvalue weighted by Gasteiger charge is -2.14. The smallest absolute Gasteiger partial charge is 0.350 e. The molecule has 1 heterocycles. The molecule has 0 atom stereocenters. The summed E-state index contributed by atoms with van der Waals surface area (Å²) in [5.74, 6) is -1.90. The Morgan fingerprint density at radius 2 is 1.71 bits per heavy atom. The molecule has 2 aromatic carbocycles. The summed E-state index contributed by atoms with van der Waals surface area (Å²) in [4.78, 5) is 36.9. The first-order chi connectivity index (χ1) is 14.6. The Bertz CT molecular complexity index is 1200. The summed E-state index contributed by atoms with van der Waals surface area (Å²) in [7, 11) is 0. The molecule has 3 aromatic rings. The molecule has 1 N–H and O–H groups in total. The number of benzene rings is 2. The van der Waals surface area contributed by atoms with Crippen LogP contribution in [0.5, 0.6) is 0 Å². The van der Waals surface area contributed by atoms with Gasteiger partial charge in [-0.15, -0.1) is 0 Å². The van der Waals surface area contributed by atoms with E-state index in [1.165, 1.54) is 10.8 Å². The number of carbonyl (C=O) groups excluding carboxylic acids is 1. The van der Waals surface area contributed by atoms with Crippen LogP contribution in [0.2, 0.25) is 0 Å². The van der Waals surface area contributed by atoms with Crippen molar-refractivity contribution in [1.82, 2.24) is 14.5 Å². The first-order valence-corrected chi connectivity index (χ1v) is 9.11. The summed E-state index contributed by atoms with van der Waals surface area (Å²) in [6.07, 6.45) is -3.50. The van der Waals surface area contributed by atoms with Crippen LogP contribution in [-0.4, -0.2) is 15.0 Å². The standard InChI is InChI=1S/C21H17F4N3O3/c22-16-7-6-15(17(10-16)21(23,24)25)11-26-18(29)13-28-19(30)8-9-27(20(28)31)12-14-4-2-1-3-5-14/h1-10H,11-13H2,(H,26,29). The average molecular weight is 435 g/mol. The van der Waals surface area contributed by atoms with Crippen LogP contribution in [0.4, 0.5) is 17.6 Å². The zero-order chi connectivity index (χ0) is 22.6. The van der Waals surface area contributed by atoms with E-state index in [0.29, 0.717) is 10.6 Å². The minimum Gasteiger partial charge on any atom is -0.350 e. The predicted octanol–water partition coefficient (Wildman–Crippen LogP) is 2.53. The van der Waals surface area contributed by atoms with Gasteiger partial charge in [0.25, 0.3) is 5.56 Å². The van der Waals surface area contributed by atoms with Crippen LogP contribution in [-0.2, 0) is 30.6 Å². The summed E-state index contributed by atoms with van der Waals surface area (Å²) < 4.78 is 54.3. The second kappa shape index (κ2) is 8.99. The van der Waals surface area contributed by atoms with Gasteiger partial charge in [-0.05, 0) is 23.3 Å². The maximum absolute atomic E-state index is 13.2. The Morgan fingerprint density at radius 3 is 2.39 bits per heavy atom. The number of carbonyl (C=O) groups is 1. The fourth-order valence-corrected chi connectivity index (χ4v) is 2.96. The van der Waals surface area contributed by atoms with Crippen LogP contribution in [0.3, 0.4) is 0 Å². The minimum absolute atomic E-state index is 0.173. The van der Waals surface area contributed by atoms with E-state index >= 15 is 0 Å². The molecular weight excluding hydrogens is 418 g/mol. The highest BCUT2D eigenvalue weighted by Crippen LogP contribution is 2.32. The van der Waals surface area contributed by atoms with Crippen molar-refractivity contribution in [3.8, 4) is 0 Å². The second-order valence-electron chi connectivity index (χ2n) is 6.71. The summed E-state index contributed by atoms with van der Waals surface area (Å²) in [5.41, 5.74) is -2.21. The van der Waals surface area contributed by atoms with E-state index in [9.17, 15) is 31.9 Å². The Labute approximate surface area is 173 Å². The topological polar surface area (TPSA) is 73.1 Å². The maximum Gasteiger partial charge on any atom is 0.416 e. The van der Waals surface area contributed by atoms with Crippen molar-refractivity contribution < 1.29 is 22.4 Å². The second-order valence-corrected chi connectivity index (χ2v) is 6.71. The predicted molar refractivity (Wildman–Crippen MR) is 104 cm³/mol. The maximum atomic E-state index is 13.2. The van der Waals surface area contributed by atoms with Crippen LogP contribution in [0.1, 0.15) is 16.7 Å². The normalized spacial score (nSPS) is 11.4. The van der Waals surface area contributed by atoms with E-state index in [1.807, 2.05) is 6.07 Å². The molecule has 6 nitrogen and oxygen atoms in total. The van der Waals surface area contributed by atoms with E-state index in [2.05, 4.69) is 5.32 Å². The van der Waals surface area contributed by atoms with Crippen molar-refractivity contribution in [2.45, 2.75) is 25.8 Å². The third-order valence-corrected chi connectivity index (χ3v) is 4.49. The number of rotatable bonds is 6. The van der Waals surface area contributed by atoms with Crippen LogP contribution in [0.15, 0.2) is 70.4 Å². The Hall–Kier alpha value is -3.69. The van der Waals surface area contributed by atoms with Gasteiger partial charge in [0.05, 0.1) is 12.1 Å². The highest BCUT2D eigenvalue weighted by molar-refractivity contribution is 5.75. The van der Waals surface area contributed by atoms with Crippen LogP contribution in [0.25, 0.3) is 0 Å². The van der Waals surface area contributed by atoms with Gasteiger partial charge in [0, 0.05) is 18.8 Å². The molecule has 1 aromatic heterocycles. The van der Waals surface area contributed by atoms with Gasteiger partial charge >= 0.3 is 11.9 Å². The van der Waals surface area contributed by atoms with Crippen LogP contribution >= 0.6 is 0 Å². The number of aromatic nitrogens is 2. The van der Waals surface area contributed by atoms with Gasteiger partial charge in [0.15, 0.2) is 0 Å². The van der Waals surface area contributed by atoms with Gasteiger partial charge in [-0.1, -0.05) is 36.4 Å². The lowest BCUT2D eigenvalue weighted by atomic mass is 10.1. The zero-order valence-corrected chi connectivity index (χ0v) is 16.0. The van der Waals surface area contributed by atoms with E-state index in [4.69, 9.17) is 0 Å². The van der Waals surface area contributed by atoms with Crippen molar-refractivity contribution in [2.24, 2.45) is 0 Å². The SMILES string of the molecule is O=C(Cn1c(=O)ccn(Cc2ccccc2)c1=O)NCc1ccc(F)cc1C(F)(F)F. The monoisotopic (exact) mass is 435 g/mol. The van der Waals surface area contributed by atoms with Crippen molar-refractivity contribution in [3.05, 3.63) is 104 Å². The molecule has 31 heavy (non-hydrogen) atoms. The Balaban J connectivity index is 1.75. The third-order valence-electron chi connectivity index (χ3n) is 4.49. The largest absolute Gasteiger partial charge is 0.416 e. The van der Waals surface area contributed by atoms with E-state index in [-0.39, 0.29) is 12.1 Å². The zero-order valence-electron chi connectivity index (χ0n) is 16.0. The summed E-state index contributed by atoms with van der Waals surface area (Å²) >= 11 is 0. The molecule has 0 bridgehead atoms. The first kappa shape index (κ1) is 22.0. The molecule has 0 spiro atoms. The lowest BCUT2D eigenvalue weighted by molar-refractivity contribution is -0.138. The molecular formula is C21H17F4N3O3. The van der Waals surface area contributed by atoms with E-state index in [0.717, 1.165) is 23.8 Å². The number of amides is 1. The van der Waals surface area contributed by atoms with E-state index < -0.39 is 47.8 Å². The summed E-state index contributed by atoms with van der Waals surface area (Å²) in [6, 6.07) is 12.2. The molecule has 0 saturated heterocycles. The van der Waals surface area contributed by atoms with Crippen molar-refractivity contribution in [1.29, 1.82) is 0 Å². The molecule has 0 aliphatic rings. The van der Waals surface area contributed by atoms with Crippen molar-refractivity contribution >= 4 is 5.91 Å². The third kappa shape index (κ3) is 5.47. The molecule has 0 aliphatic carbocycles. The molecule has 0 radical (unpaired) electrons. The number of hydrogen-bond donors (Lipinski definition) is 1. The fraction of sp³-hybridized carbons (Fsp3) is 0.190. The fourth-order valence-electron chi connectivity index (χ4n) is 2.96. The minimum atomic E-state index is -4.80. The number of alkyl halides is 3. The molecule has 0 unspecified atom stereocenters. The van der Waals surface area contributed by atoms with Gasteiger partial charge in [-0.2, -0.15) is 13.2 Å². The number of nitrogens with one attached hydrogen (secondary N) is 1. The van der Waals surface area contributed by atoms with Gasteiger partial charge in [0.1, 0.15) is 12.4 Å². The first-order valence-electron chi connectivity index (χ1n) is 9.11. The average Bonchev–Trinajstić information content (AvgIpc) is 2.72. The number of halogens is 4.